The van der Waals surface area contributed by atoms with Gasteiger partial charge in [-0.2, -0.15) is 0 Å². The predicted molar refractivity (Wildman–Crippen MR) is 96.5 cm³/mol. The average Bonchev–Trinajstić information content (AvgIpc) is 2.54. The number of hydrogen-bond acceptors (Lipinski definition) is 3. The molecule has 2 rings (SSSR count). The number of carbonyl (C=O) groups is 1. The Kier molecular flexibility index (Phi) is 6.32. The molecule has 0 aliphatic carbocycles. The molecule has 128 valence electrons. The van der Waals surface area contributed by atoms with Crippen LogP contribution in [0, 0.1) is 6.92 Å². The van der Waals surface area contributed by atoms with Gasteiger partial charge in [0, 0.05) is 38.6 Å². The molecule has 0 saturated carbocycles. The zero-order chi connectivity index (χ0) is 17.5. The maximum atomic E-state index is 12.3. The molecule has 1 heterocycles. The van der Waals surface area contributed by atoms with Gasteiger partial charge in [-0.3, -0.25) is 4.98 Å². The number of rotatable bonds is 6. The van der Waals surface area contributed by atoms with Gasteiger partial charge >= 0.3 is 6.03 Å². The SMILES string of the molecule is Cc1cc(CNC(=O)N(C)Cc2ccccc2CN(C)C)ccn1. The lowest BCUT2D eigenvalue weighted by Crippen LogP contribution is -2.36. The minimum Gasteiger partial charge on any atom is -0.334 e. The van der Waals surface area contributed by atoms with Crippen molar-refractivity contribution in [3.63, 3.8) is 0 Å². The lowest BCUT2D eigenvalue weighted by molar-refractivity contribution is 0.206. The van der Waals surface area contributed by atoms with Crippen molar-refractivity contribution < 1.29 is 4.79 Å². The highest BCUT2D eigenvalue weighted by atomic mass is 16.2. The van der Waals surface area contributed by atoms with Crippen LogP contribution in [0.2, 0.25) is 0 Å². The summed E-state index contributed by atoms with van der Waals surface area (Å²) in [5, 5.41) is 2.96. The number of amides is 2. The smallest absolute Gasteiger partial charge is 0.317 e. The van der Waals surface area contributed by atoms with Crippen LogP contribution >= 0.6 is 0 Å². The van der Waals surface area contributed by atoms with Crippen molar-refractivity contribution in [3.8, 4) is 0 Å². The molecule has 5 nitrogen and oxygen atoms in total. The third-order valence-corrected chi connectivity index (χ3v) is 3.76. The minimum atomic E-state index is -0.0795. The maximum Gasteiger partial charge on any atom is 0.317 e. The molecule has 1 N–H and O–H groups in total. The van der Waals surface area contributed by atoms with Gasteiger partial charge in [0.25, 0.3) is 0 Å². The number of benzene rings is 1. The molecule has 0 saturated heterocycles. The van der Waals surface area contributed by atoms with E-state index < -0.39 is 0 Å². The van der Waals surface area contributed by atoms with E-state index in [0.29, 0.717) is 13.1 Å². The molecule has 0 unspecified atom stereocenters. The first kappa shape index (κ1) is 17.9. The van der Waals surface area contributed by atoms with Crippen LogP contribution in [0.3, 0.4) is 0 Å². The van der Waals surface area contributed by atoms with Gasteiger partial charge < -0.3 is 15.1 Å². The van der Waals surface area contributed by atoms with Gasteiger partial charge in [-0.05, 0) is 49.8 Å². The second kappa shape index (κ2) is 8.45. The van der Waals surface area contributed by atoms with Crippen LogP contribution in [-0.2, 0) is 19.6 Å². The highest BCUT2D eigenvalue weighted by Crippen LogP contribution is 2.13. The van der Waals surface area contributed by atoms with Gasteiger partial charge in [0.1, 0.15) is 0 Å². The maximum absolute atomic E-state index is 12.3. The first-order valence-electron chi connectivity index (χ1n) is 8.07. The number of pyridine rings is 1. The van der Waals surface area contributed by atoms with Gasteiger partial charge in [0.05, 0.1) is 0 Å². The van der Waals surface area contributed by atoms with Crippen molar-refractivity contribution in [2.45, 2.75) is 26.6 Å². The minimum absolute atomic E-state index is 0.0795. The number of aryl methyl sites for hydroxylation is 1. The molecule has 1 aromatic heterocycles. The molecular formula is C19H26N4O. The fraction of sp³-hybridized carbons (Fsp3) is 0.368. The molecule has 0 bridgehead atoms. The molecule has 0 spiro atoms. The molecular weight excluding hydrogens is 300 g/mol. The zero-order valence-corrected chi connectivity index (χ0v) is 14.9. The summed E-state index contributed by atoms with van der Waals surface area (Å²) in [5.41, 5.74) is 4.42. The quantitative estimate of drug-likeness (QED) is 0.888. The summed E-state index contributed by atoms with van der Waals surface area (Å²) in [5.74, 6) is 0. The highest BCUT2D eigenvalue weighted by molar-refractivity contribution is 5.73. The molecule has 1 aromatic carbocycles. The zero-order valence-electron chi connectivity index (χ0n) is 14.9. The summed E-state index contributed by atoms with van der Waals surface area (Å²) in [4.78, 5) is 20.3. The second-order valence-electron chi connectivity index (χ2n) is 6.33. The van der Waals surface area contributed by atoms with Crippen LogP contribution in [0.1, 0.15) is 22.4 Å². The van der Waals surface area contributed by atoms with Gasteiger partial charge in [0.2, 0.25) is 0 Å². The second-order valence-corrected chi connectivity index (χ2v) is 6.33. The summed E-state index contributed by atoms with van der Waals surface area (Å²) < 4.78 is 0. The Morgan fingerprint density at radius 3 is 2.38 bits per heavy atom. The average molecular weight is 326 g/mol. The highest BCUT2D eigenvalue weighted by Gasteiger charge is 2.11. The number of urea groups is 1. The Labute approximate surface area is 144 Å². The van der Waals surface area contributed by atoms with Crippen molar-refractivity contribution >= 4 is 6.03 Å². The lowest BCUT2D eigenvalue weighted by Gasteiger charge is -2.21. The van der Waals surface area contributed by atoms with E-state index in [1.165, 1.54) is 11.1 Å². The Morgan fingerprint density at radius 1 is 1.08 bits per heavy atom. The van der Waals surface area contributed by atoms with Crippen LogP contribution in [-0.4, -0.2) is 42.0 Å². The third-order valence-electron chi connectivity index (χ3n) is 3.76. The van der Waals surface area contributed by atoms with Crippen LogP contribution in [0.15, 0.2) is 42.6 Å². The third kappa shape index (κ3) is 5.35. The topological polar surface area (TPSA) is 48.5 Å². The first-order valence-corrected chi connectivity index (χ1v) is 8.07. The van der Waals surface area contributed by atoms with Crippen LogP contribution in [0.25, 0.3) is 0 Å². The Bertz CT molecular complexity index is 685. The van der Waals surface area contributed by atoms with Gasteiger partial charge in [0.15, 0.2) is 0 Å². The molecule has 5 heteroatoms. The van der Waals surface area contributed by atoms with Crippen LogP contribution in [0.4, 0.5) is 4.79 Å². The van der Waals surface area contributed by atoms with E-state index in [1.54, 1.807) is 11.1 Å². The van der Waals surface area contributed by atoms with E-state index in [4.69, 9.17) is 0 Å². The molecule has 0 fully saturated rings. The molecule has 0 atom stereocenters. The van der Waals surface area contributed by atoms with E-state index in [9.17, 15) is 4.79 Å². The summed E-state index contributed by atoms with van der Waals surface area (Å²) in [6.45, 7) is 3.90. The fourth-order valence-corrected chi connectivity index (χ4v) is 2.56. The van der Waals surface area contributed by atoms with Crippen molar-refractivity contribution in [1.82, 2.24) is 20.1 Å². The largest absolute Gasteiger partial charge is 0.334 e. The molecule has 0 aliphatic heterocycles. The number of hydrogen-bond donors (Lipinski definition) is 1. The molecule has 2 aromatic rings. The standard InChI is InChI=1S/C19H26N4O/c1-15-11-16(9-10-20-15)12-21-19(24)23(4)14-18-8-6-5-7-17(18)13-22(2)3/h5-11H,12-14H2,1-4H3,(H,21,24). The first-order chi connectivity index (χ1) is 11.5. The summed E-state index contributed by atoms with van der Waals surface area (Å²) in [6.07, 6.45) is 1.76. The summed E-state index contributed by atoms with van der Waals surface area (Å²) in [7, 11) is 5.91. The molecule has 2 amide bonds. The normalized spacial score (nSPS) is 10.7. The number of nitrogens with one attached hydrogen (secondary N) is 1. The number of carbonyl (C=O) groups excluding carboxylic acids is 1. The van der Waals surface area contributed by atoms with Gasteiger partial charge in [-0.15, -0.1) is 0 Å². The van der Waals surface area contributed by atoms with Crippen molar-refractivity contribution in [2.75, 3.05) is 21.1 Å². The van der Waals surface area contributed by atoms with Gasteiger partial charge in [-0.1, -0.05) is 24.3 Å². The van der Waals surface area contributed by atoms with Crippen molar-refractivity contribution in [2.24, 2.45) is 0 Å². The molecule has 0 aliphatic rings. The van der Waals surface area contributed by atoms with E-state index >= 15 is 0 Å². The Hall–Kier alpha value is -2.40. The fourth-order valence-electron chi connectivity index (χ4n) is 2.56. The van der Waals surface area contributed by atoms with E-state index in [1.807, 2.05) is 52.3 Å². The summed E-state index contributed by atoms with van der Waals surface area (Å²) in [6, 6.07) is 12.1. The van der Waals surface area contributed by atoms with Crippen molar-refractivity contribution in [3.05, 3.63) is 65.0 Å². The summed E-state index contributed by atoms with van der Waals surface area (Å²) >= 11 is 0. The Morgan fingerprint density at radius 2 is 1.75 bits per heavy atom. The molecule has 24 heavy (non-hydrogen) atoms. The monoisotopic (exact) mass is 326 g/mol. The lowest BCUT2D eigenvalue weighted by atomic mass is 10.1. The molecule has 0 radical (unpaired) electrons. The van der Waals surface area contributed by atoms with Crippen molar-refractivity contribution in [1.29, 1.82) is 0 Å². The van der Waals surface area contributed by atoms with Crippen LogP contribution in [0.5, 0.6) is 0 Å². The predicted octanol–water partition coefficient (Wildman–Crippen LogP) is 2.79. The van der Waals surface area contributed by atoms with E-state index in [0.717, 1.165) is 17.8 Å². The number of aromatic nitrogens is 1. The van der Waals surface area contributed by atoms with E-state index in [2.05, 4.69) is 27.3 Å². The van der Waals surface area contributed by atoms with Gasteiger partial charge in [-0.25, -0.2) is 4.79 Å². The van der Waals surface area contributed by atoms with E-state index in [-0.39, 0.29) is 6.03 Å². The van der Waals surface area contributed by atoms with Crippen LogP contribution < -0.4 is 5.32 Å². The number of nitrogens with zero attached hydrogens (tertiary/aromatic N) is 3. The Balaban J connectivity index is 1.94.